The Bertz CT molecular complexity index is 1520. The number of amides is 2. The smallest absolute Gasteiger partial charge is 0.392 e. The Labute approximate surface area is 270 Å². The van der Waals surface area contributed by atoms with Crippen molar-refractivity contribution in [3.8, 4) is 0 Å². The molecule has 3 aliphatic heterocycles. The van der Waals surface area contributed by atoms with Gasteiger partial charge in [0.25, 0.3) is 0 Å². The van der Waals surface area contributed by atoms with Gasteiger partial charge in [-0.3, -0.25) is 14.5 Å². The Morgan fingerprint density at radius 1 is 0.936 bits per heavy atom. The standard InChI is InChI=1S/C33H37F3N6O5/c34-33(35,36)31(45)42-13-2-6-27(42)29(44)39-25-5-1-4-24(18-25)30-46-26(19-28(47-30)23-9-7-22(21-43)8-10-23)20-40-14-16-41(17-15-40)32-37-11-3-12-38-32/h1,3-5,7-12,18,26-28,30,43H,2,6,13-17,19-21H2,(H,39,44). The molecule has 250 valence electrons. The van der Waals surface area contributed by atoms with Crippen molar-refractivity contribution in [2.75, 3.05) is 49.5 Å². The van der Waals surface area contributed by atoms with E-state index < -0.39 is 30.3 Å². The molecule has 4 atom stereocenters. The molecule has 11 nitrogen and oxygen atoms in total. The largest absolute Gasteiger partial charge is 0.471 e. The Morgan fingerprint density at radius 3 is 2.38 bits per heavy atom. The first-order valence-corrected chi connectivity index (χ1v) is 15.7. The lowest BCUT2D eigenvalue weighted by Crippen LogP contribution is -2.50. The van der Waals surface area contributed by atoms with E-state index >= 15 is 0 Å². The molecule has 2 amide bonds. The summed E-state index contributed by atoms with van der Waals surface area (Å²) < 4.78 is 52.3. The molecule has 0 radical (unpaired) electrons. The zero-order valence-electron chi connectivity index (χ0n) is 25.7. The van der Waals surface area contributed by atoms with Gasteiger partial charge in [0.15, 0.2) is 6.29 Å². The number of hydrogen-bond acceptors (Lipinski definition) is 9. The first kappa shape index (κ1) is 32.8. The van der Waals surface area contributed by atoms with Crippen LogP contribution in [0.5, 0.6) is 0 Å². The van der Waals surface area contributed by atoms with Crippen LogP contribution >= 0.6 is 0 Å². The highest BCUT2D eigenvalue weighted by Gasteiger charge is 2.47. The SMILES string of the molecule is O=C(Nc1cccc(C2OC(CN3CCN(c4ncccn4)CC3)CC(c3ccc(CO)cc3)O2)c1)C1CCCN1C(=O)C(F)(F)F. The molecule has 14 heteroatoms. The summed E-state index contributed by atoms with van der Waals surface area (Å²) in [6, 6.07) is 15.0. The molecule has 3 aliphatic rings. The van der Waals surface area contributed by atoms with Crippen LogP contribution < -0.4 is 10.2 Å². The average Bonchev–Trinajstić information content (AvgIpc) is 3.58. The summed E-state index contributed by atoms with van der Waals surface area (Å²) in [4.78, 5) is 38.8. The van der Waals surface area contributed by atoms with Crippen LogP contribution in [-0.2, 0) is 25.7 Å². The zero-order valence-corrected chi connectivity index (χ0v) is 25.7. The quantitative estimate of drug-likeness (QED) is 0.374. The molecule has 6 rings (SSSR count). The number of hydrogen-bond donors (Lipinski definition) is 2. The van der Waals surface area contributed by atoms with Crippen molar-refractivity contribution in [3.63, 3.8) is 0 Å². The van der Waals surface area contributed by atoms with Crippen molar-refractivity contribution < 1.29 is 37.3 Å². The summed E-state index contributed by atoms with van der Waals surface area (Å²) in [6.45, 7) is 3.62. The van der Waals surface area contributed by atoms with Crippen LogP contribution in [0.1, 0.15) is 48.3 Å². The number of aliphatic hydroxyl groups excluding tert-OH is 1. The second-order valence-electron chi connectivity index (χ2n) is 12.0. The van der Waals surface area contributed by atoms with E-state index in [4.69, 9.17) is 9.47 Å². The van der Waals surface area contributed by atoms with E-state index in [9.17, 15) is 27.9 Å². The van der Waals surface area contributed by atoms with Gasteiger partial charge in [-0.25, -0.2) is 9.97 Å². The molecule has 0 bridgehead atoms. The van der Waals surface area contributed by atoms with Gasteiger partial charge in [0.2, 0.25) is 11.9 Å². The maximum Gasteiger partial charge on any atom is 0.471 e. The maximum atomic E-state index is 13.1. The number of alkyl halides is 3. The summed E-state index contributed by atoms with van der Waals surface area (Å²) in [5.41, 5.74) is 2.71. The minimum Gasteiger partial charge on any atom is -0.392 e. The van der Waals surface area contributed by atoms with E-state index in [1.54, 1.807) is 36.7 Å². The Morgan fingerprint density at radius 2 is 1.68 bits per heavy atom. The van der Waals surface area contributed by atoms with Crippen molar-refractivity contribution in [2.24, 2.45) is 0 Å². The highest BCUT2D eigenvalue weighted by Crippen LogP contribution is 2.39. The lowest BCUT2D eigenvalue weighted by atomic mass is 9.99. The first-order chi connectivity index (χ1) is 22.7. The van der Waals surface area contributed by atoms with Gasteiger partial charge in [0.05, 0.1) is 18.8 Å². The van der Waals surface area contributed by atoms with Gasteiger partial charge in [0.1, 0.15) is 6.04 Å². The number of anilines is 2. The molecule has 4 unspecified atom stereocenters. The van der Waals surface area contributed by atoms with Crippen LogP contribution in [0.4, 0.5) is 24.8 Å². The number of nitrogens with one attached hydrogen (secondary N) is 1. The number of likely N-dealkylation sites (tertiary alicyclic amines) is 1. The molecule has 0 spiro atoms. The number of halogens is 3. The van der Waals surface area contributed by atoms with Crippen molar-refractivity contribution in [1.82, 2.24) is 19.8 Å². The summed E-state index contributed by atoms with van der Waals surface area (Å²) >= 11 is 0. The number of benzene rings is 2. The number of piperazine rings is 1. The molecular weight excluding hydrogens is 617 g/mol. The summed E-state index contributed by atoms with van der Waals surface area (Å²) in [5, 5.41) is 12.2. The number of aliphatic hydroxyl groups is 1. The Balaban J connectivity index is 1.15. The van der Waals surface area contributed by atoms with E-state index in [2.05, 4.69) is 25.1 Å². The van der Waals surface area contributed by atoms with E-state index in [1.165, 1.54) is 0 Å². The van der Waals surface area contributed by atoms with Crippen molar-refractivity contribution in [3.05, 3.63) is 83.7 Å². The highest BCUT2D eigenvalue weighted by atomic mass is 19.4. The van der Waals surface area contributed by atoms with Gasteiger partial charge in [-0.05, 0) is 42.2 Å². The monoisotopic (exact) mass is 654 g/mol. The molecule has 0 saturated carbocycles. The third kappa shape index (κ3) is 7.89. The van der Waals surface area contributed by atoms with Gasteiger partial charge < -0.3 is 29.7 Å². The first-order valence-electron chi connectivity index (χ1n) is 15.7. The minimum atomic E-state index is -5.05. The van der Waals surface area contributed by atoms with E-state index in [1.807, 2.05) is 30.3 Å². The molecule has 3 aromatic rings. The van der Waals surface area contributed by atoms with Crippen LogP contribution in [0.3, 0.4) is 0 Å². The maximum absolute atomic E-state index is 13.1. The van der Waals surface area contributed by atoms with E-state index in [-0.39, 0.29) is 31.8 Å². The Hall–Kier alpha value is -4.11. The fraction of sp³-hybridized carbons (Fsp3) is 0.455. The fourth-order valence-electron chi connectivity index (χ4n) is 6.34. The molecule has 3 fully saturated rings. The lowest BCUT2D eigenvalue weighted by molar-refractivity contribution is -0.253. The lowest BCUT2D eigenvalue weighted by Gasteiger charge is -2.40. The van der Waals surface area contributed by atoms with Crippen LogP contribution in [0, 0.1) is 0 Å². The third-order valence-corrected chi connectivity index (χ3v) is 8.77. The number of carbonyl (C=O) groups excluding carboxylic acids is 2. The molecule has 0 aliphatic carbocycles. The van der Waals surface area contributed by atoms with Crippen molar-refractivity contribution in [1.29, 1.82) is 0 Å². The fourth-order valence-corrected chi connectivity index (χ4v) is 6.34. The Kier molecular flexibility index (Phi) is 10.0. The molecule has 47 heavy (non-hydrogen) atoms. The summed E-state index contributed by atoms with van der Waals surface area (Å²) in [6.07, 6.45) is -1.84. The number of aromatic nitrogens is 2. The van der Waals surface area contributed by atoms with Crippen LogP contribution in [0.15, 0.2) is 67.0 Å². The topological polar surface area (TPSA) is 120 Å². The molecule has 2 aromatic carbocycles. The van der Waals surface area contributed by atoms with Gasteiger partial charge in [-0.2, -0.15) is 13.2 Å². The summed E-state index contributed by atoms with van der Waals surface area (Å²) in [7, 11) is 0. The van der Waals surface area contributed by atoms with E-state index in [0.29, 0.717) is 41.5 Å². The highest BCUT2D eigenvalue weighted by molar-refractivity contribution is 5.98. The third-order valence-electron chi connectivity index (χ3n) is 8.77. The minimum absolute atomic E-state index is 0.0678. The van der Waals surface area contributed by atoms with E-state index in [0.717, 1.165) is 37.3 Å². The van der Waals surface area contributed by atoms with Crippen molar-refractivity contribution in [2.45, 2.75) is 56.6 Å². The summed E-state index contributed by atoms with van der Waals surface area (Å²) in [5.74, 6) is -1.98. The molecule has 4 heterocycles. The number of carbonyl (C=O) groups is 2. The predicted octanol–water partition coefficient (Wildman–Crippen LogP) is 3.83. The van der Waals surface area contributed by atoms with Crippen LogP contribution in [-0.4, -0.2) is 94.3 Å². The van der Waals surface area contributed by atoms with Crippen LogP contribution in [0.25, 0.3) is 0 Å². The molecule has 3 saturated heterocycles. The normalized spacial score (nSPS) is 23.9. The molecule has 1 aromatic heterocycles. The number of nitrogens with zero attached hydrogens (tertiary/aromatic N) is 5. The van der Waals surface area contributed by atoms with Gasteiger partial charge in [0, 0.05) is 69.3 Å². The van der Waals surface area contributed by atoms with Crippen molar-refractivity contribution >= 4 is 23.5 Å². The second kappa shape index (κ2) is 14.3. The van der Waals surface area contributed by atoms with Gasteiger partial charge in [-0.15, -0.1) is 0 Å². The predicted molar refractivity (Wildman–Crippen MR) is 165 cm³/mol. The van der Waals surface area contributed by atoms with Gasteiger partial charge in [-0.1, -0.05) is 36.4 Å². The zero-order chi connectivity index (χ0) is 33.0. The van der Waals surface area contributed by atoms with Gasteiger partial charge >= 0.3 is 12.1 Å². The number of rotatable bonds is 8. The second-order valence-corrected chi connectivity index (χ2v) is 12.0. The number of ether oxygens (including phenoxy) is 2. The molecular formula is C33H37F3N6O5. The van der Waals surface area contributed by atoms with Crippen LogP contribution in [0.2, 0.25) is 0 Å². The average molecular weight is 655 g/mol. The molecule has 2 N–H and O–H groups in total.